The summed E-state index contributed by atoms with van der Waals surface area (Å²) in [7, 11) is 0. The molecule has 0 aromatic rings. The second-order valence-electron chi connectivity index (χ2n) is 4.74. The van der Waals surface area contributed by atoms with Crippen LogP contribution in [-0.4, -0.2) is 42.7 Å². The minimum Gasteiger partial charge on any atom is -0.381 e. The number of nitrogens with zero attached hydrogens (tertiary/aromatic N) is 1. The number of hydrogen-bond acceptors (Lipinski definition) is 2. The van der Waals surface area contributed by atoms with Gasteiger partial charge in [0.15, 0.2) is 0 Å². The van der Waals surface area contributed by atoms with Crippen LogP contribution in [0.1, 0.15) is 25.7 Å². The normalized spacial score (nSPS) is 26.8. The van der Waals surface area contributed by atoms with Gasteiger partial charge < -0.3 is 9.64 Å². The van der Waals surface area contributed by atoms with Crippen molar-refractivity contribution in [2.45, 2.75) is 31.3 Å². The number of amides is 1. The second kappa shape index (κ2) is 4.88. The first-order chi connectivity index (χ1) is 7.63. The smallest absolute Gasteiger partial charge is 0.272 e. The zero-order valence-corrected chi connectivity index (χ0v) is 10.0. The van der Waals surface area contributed by atoms with Gasteiger partial charge in [-0.2, -0.15) is 0 Å². The van der Waals surface area contributed by atoms with E-state index in [0.717, 1.165) is 38.9 Å². The number of carbonyl (C=O) groups excluding carboxylic acids is 1. The molecular weight excluding hydrogens is 233 g/mol. The molecule has 0 saturated carbocycles. The van der Waals surface area contributed by atoms with Crippen molar-refractivity contribution in [1.29, 1.82) is 0 Å². The molecule has 1 spiro atoms. The van der Waals surface area contributed by atoms with Crippen molar-refractivity contribution in [3.05, 3.63) is 0 Å². The minimum absolute atomic E-state index is 0.327. The maximum atomic E-state index is 12.7. The van der Waals surface area contributed by atoms with Crippen LogP contribution in [-0.2, 0) is 9.53 Å². The Balaban J connectivity index is 1.88. The number of piperidine rings is 1. The highest BCUT2D eigenvalue weighted by Gasteiger charge is 2.38. The number of ether oxygens (including phenoxy) is 1. The first kappa shape index (κ1) is 12.1. The second-order valence-corrected chi connectivity index (χ2v) is 5.12. The van der Waals surface area contributed by atoms with Gasteiger partial charge in [-0.3, -0.25) is 4.79 Å². The molecule has 3 nitrogen and oxygen atoms in total. The van der Waals surface area contributed by atoms with Gasteiger partial charge in [0.25, 0.3) is 11.5 Å². The Kier molecular flexibility index (Phi) is 3.70. The van der Waals surface area contributed by atoms with E-state index in [2.05, 4.69) is 0 Å². The highest BCUT2D eigenvalue weighted by molar-refractivity contribution is 6.29. The van der Waals surface area contributed by atoms with Gasteiger partial charge in [0.1, 0.15) is 0 Å². The Morgan fingerprint density at radius 3 is 2.31 bits per heavy atom. The third kappa shape index (κ3) is 2.48. The summed E-state index contributed by atoms with van der Waals surface area (Å²) in [6.45, 7) is 2.89. The van der Waals surface area contributed by atoms with Gasteiger partial charge in [-0.15, -0.1) is 0 Å². The van der Waals surface area contributed by atoms with Crippen LogP contribution in [0.3, 0.4) is 0 Å². The number of carbonyl (C=O) groups is 1. The van der Waals surface area contributed by atoms with Crippen molar-refractivity contribution in [1.82, 2.24) is 4.90 Å². The monoisotopic (exact) mass is 249 g/mol. The maximum Gasteiger partial charge on any atom is 0.272 e. The van der Waals surface area contributed by atoms with E-state index < -0.39 is 11.5 Å². The summed E-state index contributed by atoms with van der Waals surface area (Å²) in [5.41, 5.74) is -1.56. The summed E-state index contributed by atoms with van der Waals surface area (Å²) in [5, 5.41) is 0. The van der Waals surface area contributed by atoms with Gasteiger partial charge >= 0.3 is 0 Å². The Morgan fingerprint density at radius 2 is 1.81 bits per heavy atom. The highest BCUT2D eigenvalue weighted by atomic mass is 35.5. The van der Waals surface area contributed by atoms with E-state index in [1.807, 2.05) is 0 Å². The molecule has 1 unspecified atom stereocenters. The third-order valence-electron chi connectivity index (χ3n) is 3.88. The van der Waals surface area contributed by atoms with Gasteiger partial charge in [0.05, 0.1) is 0 Å². The lowest BCUT2D eigenvalue weighted by atomic mass is 9.72. The van der Waals surface area contributed by atoms with E-state index in [4.69, 9.17) is 16.3 Å². The molecular formula is C11H17ClFNO2. The van der Waals surface area contributed by atoms with Crippen LogP contribution in [0.15, 0.2) is 0 Å². The van der Waals surface area contributed by atoms with Crippen LogP contribution in [0.5, 0.6) is 0 Å². The van der Waals surface area contributed by atoms with Crippen molar-refractivity contribution in [2.75, 3.05) is 26.3 Å². The number of likely N-dealkylation sites (tertiary alicyclic amines) is 1. The van der Waals surface area contributed by atoms with Crippen LogP contribution < -0.4 is 0 Å². The molecule has 2 aliphatic heterocycles. The van der Waals surface area contributed by atoms with Crippen LogP contribution >= 0.6 is 11.6 Å². The summed E-state index contributed by atoms with van der Waals surface area (Å²) >= 11 is 5.16. The number of hydrogen-bond donors (Lipinski definition) is 0. The molecule has 92 valence electrons. The Bertz CT molecular complexity index is 257. The van der Waals surface area contributed by atoms with Crippen molar-refractivity contribution < 1.29 is 13.9 Å². The molecule has 5 heteroatoms. The predicted octanol–water partition coefficient (Wildman–Crippen LogP) is 1.94. The van der Waals surface area contributed by atoms with Crippen LogP contribution in [0.4, 0.5) is 4.39 Å². The Morgan fingerprint density at radius 1 is 1.25 bits per heavy atom. The van der Waals surface area contributed by atoms with E-state index in [-0.39, 0.29) is 0 Å². The zero-order valence-electron chi connectivity index (χ0n) is 9.25. The third-order valence-corrected chi connectivity index (χ3v) is 4.06. The highest BCUT2D eigenvalue weighted by Crippen LogP contribution is 2.40. The molecule has 2 aliphatic rings. The topological polar surface area (TPSA) is 29.5 Å². The predicted molar refractivity (Wildman–Crippen MR) is 59.0 cm³/mol. The van der Waals surface area contributed by atoms with Crippen molar-refractivity contribution in [3.8, 4) is 0 Å². The Hall–Kier alpha value is -0.350. The van der Waals surface area contributed by atoms with Crippen LogP contribution in [0.2, 0.25) is 0 Å². The van der Waals surface area contributed by atoms with Crippen molar-refractivity contribution >= 4 is 17.5 Å². The molecule has 0 aromatic carbocycles. The summed E-state index contributed by atoms with van der Waals surface area (Å²) < 4.78 is 18.0. The van der Waals surface area contributed by atoms with E-state index in [0.29, 0.717) is 18.5 Å². The van der Waals surface area contributed by atoms with Crippen LogP contribution in [0, 0.1) is 5.41 Å². The molecule has 1 atom stereocenters. The average molecular weight is 250 g/mol. The first-order valence-corrected chi connectivity index (χ1v) is 6.21. The quantitative estimate of drug-likeness (QED) is 0.665. The van der Waals surface area contributed by atoms with Gasteiger partial charge in [0, 0.05) is 26.3 Å². The summed E-state index contributed by atoms with van der Waals surface area (Å²) in [5.74, 6) is -0.580. The fraction of sp³-hybridized carbons (Fsp3) is 0.909. The van der Waals surface area contributed by atoms with E-state index in [1.54, 1.807) is 4.90 Å². The lowest BCUT2D eigenvalue weighted by Crippen LogP contribution is -2.46. The molecule has 16 heavy (non-hydrogen) atoms. The number of halogens is 2. The molecule has 0 bridgehead atoms. The molecule has 1 amide bonds. The van der Waals surface area contributed by atoms with Gasteiger partial charge in [-0.25, -0.2) is 4.39 Å². The number of rotatable bonds is 1. The molecule has 2 rings (SSSR count). The zero-order chi connectivity index (χ0) is 11.6. The SMILES string of the molecule is O=C(C(F)Cl)N1CCC2(CCOCC2)CC1. The molecule has 0 aromatic heterocycles. The molecule has 0 radical (unpaired) electrons. The lowest BCUT2D eigenvalue weighted by molar-refractivity contribution is -0.137. The molecule has 2 heterocycles. The lowest BCUT2D eigenvalue weighted by Gasteiger charge is -2.44. The van der Waals surface area contributed by atoms with Gasteiger partial charge in [0.2, 0.25) is 0 Å². The van der Waals surface area contributed by atoms with Gasteiger partial charge in [-0.1, -0.05) is 11.6 Å². The molecule has 0 N–H and O–H groups in total. The molecule has 2 fully saturated rings. The first-order valence-electron chi connectivity index (χ1n) is 5.78. The standard InChI is InChI=1S/C11H17ClFNO2/c12-9(13)10(15)14-5-1-11(2-6-14)3-7-16-8-4-11/h9H,1-8H2. The largest absolute Gasteiger partial charge is 0.381 e. The van der Waals surface area contributed by atoms with Crippen molar-refractivity contribution in [2.24, 2.45) is 5.41 Å². The van der Waals surface area contributed by atoms with E-state index >= 15 is 0 Å². The number of alkyl halides is 2. The van der Waals surface area contributed by atoms with E-state index in [9.17, 15) is 9.18 Å². The fourth-order valence-electron chi connectivity index (χ4n) is 2.64. The minimum atomic E-state index is -1.89. The molecule has 0 aliphatic carbocycles. The molecule has 2 saturated heterocycles. The summed E-state index contributed by atoms with van der Waals surface area (Å²) in [4.78, 5) is 12.9. The van der Waals surface area contributed by atoms with Crippen molar-refractivity contribution in [3.63, 3.8) is 0 Å². The van der Waals surface area contributed by atoms with Crippen LogP contribution in [0.25, 0.3) is 0 Å². The summed E-state index contributed by atoms with van der Waals surface area (Å²) in [6, 6.07) is 0. The maximum absolute atomic E-state index is 12.7. The Labute approximate surface area is 99.9 Å². The van der Waals surface area contributed by atoms with E-state index in [1.165, 1.54) is 0 Å². The average Bonchev–Trinajstić information content (AvgIpc) is 2.30. The van der Waals surface area contributed by atoms with Gasteiger partial charge in [-0.05, 0) is 31.1 Å². The summed E-state index contributed by atoms with van der Waals surface area (Å²) in [6.07, 6.45) is 4.03. The fourth-order valence-corrected chi connectivity index (χ4v) is 2.78.